The lowest BCUT2D eigenvalue weighted by molar-refractivity contribution is -0.133. The molecule has 5 N–H and O–H groups in total. The predicted octanol–water partition coefficient (Wildman–Crippen LogP) is 2.26. The molecule has 0 saturated heterocycles. The highest BCUT2D eigenvalue weighted by Crippen LogP contribution is 2.59. The van der Waals surface area contributed by atoms with Crippen molar-refractivity contribution in [2.75, 3.05) is 0 Å². The van der Waals surface area contributed by atoms with Gasteiger partial charge in [-0.05, 0) is 42.3 Å². The maximum atomic E-state index is 11.7. The van der Waals surface area contributed by atoms with Gasteiger partial charge in [0.25, 0.3) is 0 Å². The van der Waals surface area contributed by atoms with Crippen molar-refractivity contribution in [3.63, 3.8) is 0 Å². The predicted molar refractivity (Wildman–Crippen MR) is 112 cm³/mol. The summed E-state index contributed by atoms with van der Waals surface area (Å²) in [4.78, 5) is 27.9. The summed E-state index contributed by atoms with van der Waals surface area (Å²) in [5, 5.41) is 11.4. The lowest BCUT2D eigenvalue weighted by atomic mass is 9.97. The molecule has 31 heavy (non-hydrogen) atoms. The van der Waals surface area contributed by atoms with E-state index in [4.69, 9.17) is 16.2 Å². The van der Waals surface area contributed by atoms with Crippen molar-refractivity contribution in [3.05, 3.63) is 66.5 Å². The van der Waals surface area contributed by atoms with Gasteiger partial charge in [-0.25, -0.2) is 0 Å². The Kier molecular flexibility index (Phi) is 4.18. The second-order valence-electron chi connectivity index (χ2n) is 7.52. The number of carbonyl (C=O) groups is 2. The van der Waals surface area contributed by atoms with Gasteiger partial charge in [-0.3, -0.25) is 14.6 Å². The fourth-order valence-corrected chi connectivity index (χ4v) is 3.94. The quantitative estimate of drug-likeness (QED) is 0.412. The van der Waals surface area contributed by atoms with Crippen LogP contribution >= 0.6 is 0 Å². The lowest BCUT2D eigenvalue weighted by Gasteiger charge is -2.11. The summed E-state index contributed by atoms with van der Waals surface area (Å²) < 4.78 is 6.07. The number of hydrogen-bond donors (Lipinski definition) is 3. The number of nitrogens with one attached hydrogen (secondary N) is 1. The molecule has 1 saturated carbocycles. The molecule has 2 amide bonds. The van der Waals surface area contributed by atoms with Gasteiger partial charge in [-0.15, -0.1) is 0 Å². The molecule has 1 fully saturated rings. The molecule has 0 spiro atoms. The fraction of sp³-hybridized carbons (Fsp3) is 0.136. The van der Waals surface area contributed by atoms with Gasteiger partial charge in [0.1, 0.15) is 22.6 Å². The minimum atomic E-state index is -1.29. The number of benzene rings is 2. The van der Waals surface area contributed by atoms with E-state index >= 15 is 0 Å². The molecule has 1 unspecified atom stereocenters. The molecule has 2 aromatic carbocycles. The van der Waals surface area contributed by atoms with E-state index in [1.165, 1.54) is 0 Å². The Morgan fingerprint density at radius 3 is 2.48 bits per heavy atom. The fourth-order valence-electron chi connectivity index (χ4n) is 3.94. The Hall–Kier alpha value is -4.27. The Labute approximate surface area is 176 Å². The van der Waals surface area contributed by atoms with Crippen LogP contribution in [-0.2, 0) is 9.59 Å². The van der Waals surface area contributed by atoms with Crippen LogP contribution in [0.15, 0.2) is 60.9 Å². The second kappa shape index (κ2) is 6.91. The highest BCUT2D eigenvalue weighted by molar-refractivity contribution is 6.08. The number of ether oxygens (including phenoxy) is 1. The number of rotatable bonds is 6. The molecule has 154 valence electrons. The topological polar surface area (TPSA) is 150 Å². The number of aromatic nitrogens is 4. The van der Waals surface area contributed by atoms with Crippen molar-refractivity contribution >= 4 is 22.7 Å². The Morgan fingerprint density at radius 1 is 1.06 bits per heavy atom. The van der Waals surface area contributed by atoms with E-state index in [1.807, 2.05) is 30.3 Å². The van der Waals surface area contributed by atoms with Crippen LogP contribution in [0, 0.1) is 5.41 Å². The van der Waals surface area contributed by atoms with E-state index in [2.05, 4.69) is 20.4 Å². The molecular formula is C22H18N6O3. The maximum Gasteiger partial charge on any atom is 0.233 e. The minimum absolute atomic E-state index is 0.298. The SMILES string of the molecule is NC(=O)C1(C(N)=O)CC1c1ccc(Oc2ccnc3cc(-c4cn[nH]n4)ccc23)cc1. The number of nitrogens with two attached hydrogens (primary N) is 2. The molecule has 9 heteroatoms. The third-order valence-corrected chi connectivity index (χ3v) is 5.76. The maximum absolute atomic E-state index is 11.7. The van der Waals surface area contributed by atoms with Crippen LogP contribution in [0.2, 0.25) is 0 Å². The summed E-state index contributed by atoms with van der Waals surface area (Å²) in [6.07, 6.45) is 3.66. The monoisotopic (exact) mass is 414 g/mol. The Morgan fingerprint density at radius 2 is 1.84 bits per heavy atom. The summed E-state index contributed by atoms with van der Waals surface area (Å²) in [6.45, 7) is 0. The van der Waals surface area contributed by atoms with Gasteiger partial charge in [0.15, 0.2) is 0 Å². The number of primary amides is 2. The van der Waals surface area contributed by atoms with Gasteiger partial charge in [0.05, 0.1) is 11.7 Å². The number of carbonyl (C=O) groups excluding carboxylic acids is 2. The number of nitrogens with zero attached hydrogens (tertiary/aromatic N) is 3. The van der Waals surface area contributed by atoms with Gasteiger partial charge < -0.3 is 16.2 Å². The molecule has 2 aromatic heterocycles. The van der Waals surface area contributed by atoms with Crippen LogP contribution < -0.4 is 16.2 Å². The second-order valence-corrected chi connectivity index (χ2v) is 7.52. The third-order valence-electron chi connectivity index (χ3n) is 5.76. The van der Waals surface area contributed by atoms with Crippen LogP contribution in [0.4, 0.5) is 0 Å². The van der Waals surface area contributed by atoms with Crippen molar-refractivity contribution in [3.8, 4) is 22.8 Å². The number of amides is 2. The number of fused-ring (bicyclic) bond motifs is 1. The molecule has 4 aromatic rings. The number of aromatic amines is 1. The molecule has 0 radical (unpaired) electrons. The first-order valence-corrected chi connectivity index (χ1v) is 9.61. The summed E-state index contributed by atoms with van der Waals surface area (Å²) in [6, 6.07) is 14.8. The first-order valence-electron chi connectivity index (χ1n) is 9.61. The zero-order valence-corrected chi connectivity index (χ0v) is 16.3. The smallest absolute Gasteiger partial charge is 0.233 e. The van der Waals surface area contributed by atoms with Gasteiger partial charge in [0.2, 0.25) is 11.8 Å². The van der Waals surface area contributed by atoms with E-state index in [-0.39, 0.29) is 5.92 Å². The molecule has 2 heterocycles. The van der Waals surface area contributed by atoms with Crippen molar-refractivity contribution in [1.29, 1.82) is 0 Å². The summed E-state index contributed by atoms with van der Waals surface area (Å²) in [5.74, 6) is -0.397. The Balaban J connectivity index is 1.39. The molecule has 1 aliphatic rings. The van der Waals surface area contributed by atoms with E-state index in [1.54, 1.807) is 30.6 Å². The lowest BCUT2D eigenvalue weighted by Crippen LogP contribution is -2.38. The first-order chi connectivity index (χ1) is 15.0. The van der Waals surface area contributed by atoms with E-state index in [0.717, 1.165) is 27.7 Å². The van der Waals surface area contributed by atoms with Gasteiger partial charge >= 0.3 is 0 Å². The molecule has 1 atom stereocenters. The average Bonchev–Trinajstić information content (AvgIpc) is 3.31. The normalized spacial score (nSPS) is 16.7. The standard InChI is InChI=1S/C22H18N6O3/c23-20(29)22(21(24)30)10-16(22)12-1-4-14(5-2-12)31-19-7-8-25-17-9-13(3-6-15(17)19)18-11-26-28-27-18/h1-9,11,16H,10H2,(H2,23,29)(H2,24,30)(H,26,27,28). The minimum Gasteiger partial charge on any atom is -0.457 e. The molecule has 0 aliphatic heterocycles. The molecule has 1 aliphatic carbocycles. The van der Waals surface area contributed by atoms with Crippen LogP contribution in [0.3, 0.4) is 0 Å². The average molecular weight is 414 g/mol. The van der Waals surface area contributed by atoms with E-state index < -0.39 is 17.2 Å². The van der Waals surface area contributed by atoms with Gasteiger partial charge in [-0.1, -0.05) is 18.2 Å². The number of pyridine rings is 1. The van der Waals surface area contributed by atoms with Crippen LogP contribution in [0.5, 0.6) is 11.5 Å². The van der Waals surface area contributed by atoms with E-state index in [9.17, 15) is 9.59 Å². The zero-order valence-electron chi connectivity index (χ0n) is 16.3. The highest BCUT2D eigenvalue weighted by atomic mass is 16.5. The van der Waals surface area contributed by atoms with Crippen molar-refractivity contribution < 1.29 is 14.3 Å². The number of H-pyrrole nitrogens is 1. The summed E-state index contributed by atoms with van der Waals surface area (Å²) in [5.41, 5.74) is 12.7. The first kappa shape index (κ1) is 18.7. The molecular weight excluding hydrogens is 396 g/mol. The van der Waals surface area contributed by atoms with Crippen molar-refractivity contribution in [2.24, 2.45) is 16.9 Å². The van der Waals surface area contributed by atoms with Crippen molar-refractivity contribution in [2.45, 2.75) is 12.3 Å². The third kappa shape index (κ3) is 3.07. The molecule has 0 bridgehead atoms. The zero-order chi connectivity index (χ0) is 21.6. The molecule has 5 rings (SSSR count). The Bertz CT molecular complexity index is 1290. The van der Waals surface area contributed by atoms with Gasteiger partial charge in [-0.2, -0.15) is 15.4 Å². The highest BCUT2D eigenvalue weighted by Gasteiger charge is 2.64. The van der Waals surface area contributed by atoms with Crippen LogP contribution in [-0.4, -0.2) is 32.2 Å². The summed E-state index contributed by atoms with van der Waals surface area (Å²) >= 11 is 0. The van der Waals surface area contributed by atoms with Gasteiger partial charge in [0, 0.05) is 23.1 Å². The number of hydrogen-bond acceptors (Lipinski definition) is 6. The van der Waals surface area contributed by atoms with Crippen LogP contribution in [0.25, 0.3) is 22.2 Å². The largest absolute Gasteiger partial charge is 0.457 e. The van der Waals surface area contributed by atoms with Crippen molar-refractivity contribution in [1.82, 2.24) is 20.4 Å². The van der Waals surface area contributed by atoms with E-state index in [0.29, 0.717) is 17.9 Å². The van der Waals surface area contributed by atoms with Crippen LogP contribution in [0.1, 0.15) is 17.9 Å². The summed E-state index contributed by atoms with van der Waals surface area (Å²) in [7, 11) is 0. The molecule has 9 nitrogen and oxygen atoms in total.